The van der Waals surface area contributed by atoms with Crippen molar-refractivity contribution in [1.82, 2.24) is 20.4 Å². The predicted octanol–water partition coefficient (Wildman–Crippen LogP) is 3.33. The summed E-state index contributed by atoms with van der Waals surface area (Å²) in [5.74, 6) is 3.55. The van der Waals surface area contributed by atoms with Gasteiger partial charge in [0, 0.05) is 31.0 Å². The molecule has 1 aromatic heterocycles. The number of hydrogen-bond acceptors (Lipinski definition) is 5. The average molecular weight is 386 g/mol. The van der Waals surface area contributed by atoms with Gasteiger partial charge in [-0.2, -0.15) is 4.98 Å². The normalized spacial score (nSPS) is 17.8. The Kier molecular flexibility index (Phi) is 6.21. The molecule has 1 aliphatic heterocycles. The van der Waals surface area contributed by atoms with Crippen molar-refractivity contribution in [1.29, 1.82) is 0 Å². The van der Waals surface area contributed by atoms with Crippen LogP contribution in [0.4, 0.5) is 0 Å². The fraction of sp³-hybridized carbons (Fsp3) is 0.571. The second kappa shape index (κ2) is 8.63. The summed E-state index contributed by atoms with van der Waals surface area (Å²) in [7, 11) is 1.69. The average Bonchev–Trinajstić information content (AvgIpc) is 3.35. The second-order valence-corrected chi connectivity index (χ2v) is 8.14. The van der Waals surface area contributed by atoms with Crippen LogP contribution in [0.25, 0.3) is 0 Å². The highest BCUT2D eigenvalue weighted by Crippen LogP contribution is 2.28. The molecule has 1 atom stereocenters. The number of aliphatic imine (C=N–C) groups is 1. The first-order valence-corrected chi connectivity index (χ1v) is 9.91. The van der Waals surface area contributed by atoms with Crippen molar-refractivity contribution in [3.8, 4) is 5.75 Å². The van der Waals surface area contributed by atoms with E-state index in [1.165, 1.54) is 5.56 Å². The van der Waals surface area contributed by atoms with Crippen molar-refractivity contribution < 1.29 is 9.26 Å². The van der Waals surface area contributed by atoms with E-state index in [9.17, 15) is 0 Å². The maximum Gasteiger partial charge on any atom is 0.232 e. The molecule has 1 fully saturated rings. The highest BCUT2D eigenvalue weighted by Gasteiger charge is 2.26. The Balaban J connectivity index is 1.66. The molecule has 152 valence electrons. The number of likely N-dealkylation sites (tertiary alicyclic amines) is 1. The van der Waals surface area contributed by atoms with Crippen LogP contribution in [0, 0.1) is 0 Å². The predicted molar refractivity (Wildman–Crippen MR) is 110 cm³/mol. The molecule has 1 N–H and O–H groups in total. The van der Waals surface area contributed by atoms with Crippen LogP contribution < -0.4 is 10.1 Å². The molecular formula is C21H31N5O2. The molecular weight excluding hydrogens is 354 g/mol. The van der Waals surface area contributed by atoms with E-state index >= 15 is 0 Å². The zero-order chi connectivity index (χ0) is 20.1. The molecule has 3 rings (SSSR count). The minimum Gasteiger partial charge on any atom is -0.497 e. The summed E-state index contributed by atoms with van der Waals surface area (Å²) in [6.45, 7) is 11.4. The van der Waals surface area contributed by atoms with Crippen LogP contribution >= 0.6 is 0 Å². The van der Waals surface area contributed by atoms with E-state index in [2.05, 4.69) is 60.2 Å². The fourth-order valence-electron chi connectivity index (χ4n) is 3.30. The molecule has 1 aromatic carbocycles. The second-order valence-electron chi connectivity index (χ2n) is 8.14. The van der Waals surface area contributed by atoms with E-state index in [0.29, 0.717) is 24.2 Å². The fourth-order valence-corrected chi connectivity index (χ4v) is 3.30. The van der Waals surface area contributed by atoms with Crippen LogP contribution in [0.2, 0.25) is 0 Å². The largest absolute Gasteiger partial charge is 0.497 e. The quantitative estimate of drug-likeness (QED) is 0.628. The number of ether oxygens (including phenoxy) is 1. The monoisotopic (exact) mass is 385 g/mol. The Labute approximate surface area is 167 Å². The van der Waals surface area contributed by atoms with Gasteiger partial charge in [0.25, 0.3) is 0 Å². The van der Waals surface area contributed by atoms with Crippen molar-refractivity contribution in [2.24, 2.45) is 4.99 Å². The van der Waals surface area contributed by atoms with Gasteiger partial charge in [0.1, 0.15) is 12.3 Å². The molecule has 1 unspecified atom stereocenters. The number of rotatable bonds is 5. The third kappa shape index (κ3) is 4.82. The van der Waals surface area contributed by atoms with Crippen LogP contribution in [0.1, 0.15) is 57.3 Å². The molecule has 1 aliphatic rings. The van der Waals surface area contributed by atoms with Crippen molar-refractivity contribution >= 4 is 5.96 Å². The molecule has 7 nitrogen and oxygen atoms in total. The van der Waals surface area contributed by atoms with Crippen molar-refractivity contribution in [3.63, 3.8) is 0 Å². The highest BCUT2D eigenvalue weighted by molar-refractivity contribution is 5.80. The minimum atomic E-state index is -0.153. The van der Waals surface area contributed by atoms with Gasteiger partial charge >= 0.3 is 0 Å². The third-order valence-corrected chi connectivity index (χ3v) is 4.89. The smallest absolute Gasteiger partial charge is 0.232 e. The van der Waals surface area contributed by atoms with Crippen LogP contribution in [-0.2, 0) is 12.0 Å². The van der Waals surface area contributed by atoms with Gasteiger partial charge < -0.3 is 19.5 Å². The number of guanidine groups is 1. The number of hydrogen-bond donors (Lipinski definition) is 1. The first kappa shape index (κ1) is 20.2. The summed E-state index contributed by atoms with van der Waals surface area (Å²) in [5, 5.41) is 7.46. The van der Waals surface area contributed by atoms with Crippen molar-refractivity contribution in [2.45, 2.75) is 52.0 Å². The van der Waals surface area contributed by atoms with Gasteiger partial charge in [-0.25, -0.2) is 4.99 Å². The number of nitrogens with one attached hydrogen (secondary N) is 1. The van der Waals surface area contributed by atoms with Gasteiger partial charge in [-0.1, -0.05) is 38.1 Å². The van der Waals surface area contributed by atoms with Crippen LogP contribution in [0.15, 0.2) is 33.8 Å². The maximum atomic E-state index is 5.37. The molecule has 0 radical (unpaired) electrons. The van der Waals surface area contributed by atoms with Crippen LogP contribution in [-0.4, -0.2) is 47.7 Å². The van der Waals surface area contributed by atoms with Gasteiger partial charge in [-0.15, -0.1) is 0 Å². The molecule has 2 aromatic rings. The highest BCUT2D eigenvalue weighted by atomic mass is 16.5. The first-order chi connectivity index (χ1) is 13.4. The van der Waals surface area contributed by atoms with Gasteiger partial charge in [-0.3, -0.25) is 0 Å². The van der Waals surface area contributed by atoms with Crippen molar-refractivity contribution in [2.75, 3.05) is 26.7 Å². The van der Waals surface area contributed by atoms with E-state index in [1.54, 1.807) is 7.11 Å². The number of methoxy groups -OCH3 is 1. The molecule has 7 heteroatoms. The lowest BCUT2D eigenvalue weighted by molar-refractivity contribution is 0.318. The molecule has 0 bridgehead atoms. The molecule has 2 heterocycles. The lowest BCUT2D eigenvalue weighted by Gasteiger charge is -2.21. The topological polar surface area (TPSA) is 75.8 Å². The summed E-state index contributed by atoms with van der Waals surface area (Å²) in [4.78, 5) is 11.5. The van der Waals surface area contributed by atoms with Gasteiger partial charge in [0.15, 0.2) is 11.8 Å². The summed E-state index contributed by atoms with van der Waals surface area (Å²) in [6, 6.07) is 8.37. The summed E-state index contributed by atoms with van der Waals surface area (Å²) < 4.78 is 10.6. The number of benzene rings is 1. The van der Waals surface area contributed by atoms with Gasteiger partial charge in [0.05, 0.1) is 7.11 Å². The van der Waals surface area contributed by atoms with E-state index in [1.807, 2.05) is 12.1 Å². The summed E-state index contributed by atoms with van der Waals surface area (Å²) >= 11 is 0. The standard InChI is InChI=1S/C21H31N5O2/c1-6-22-20(23-13-18-24-19(28-25-18)21(2,3)4)26-12-11-16(14-26)15-7-9-17(27-5)10-8-15/h7-10,16H,6,11-14H2,1-5H3,(H,22,23). The first-order valence-electron chi connectivity index (χ1n) is 9.91. The SMILES string of the molecule is CCNC(=NCc1noc(C(C)(C)C)n1)N1CCC(c2ccc(OC)cc2)C1. The Hall–Kier alpha value is -2.57. The molecule has 0 amide bonds. The zero-order valence-corrected chi connectivity index (χ0v) is 17.5. The van der Waals surface area contributed by atoms with Crippen LogP contribution in [0.3, 0.4) is 0 Å². The van der Waals surface area contributed by atoms with E-state index < -0.39 is 0 Å². The zero-order valence-electron chi connectivity index (χ0n) is 17.5. The maximum absolute atomic E-state index is 5.37. The molecule has 0 saturated carbocycles. The summed E-state index contributed by atoms with van der Waals surface area (Å²) in [5.41, 5.74) is 1.19. The number of aromatic nitrogens is 2. The third-order valence-electron chi connectivity index (χ3n) is 4.89. The van der Waals surface area contributed by atoms with Crippen molar-refractivity contribution in [3.05, 3.63) is 41.5 Å². The van der Waals surface area contributed by atoms with E-state index in [0.717, 1.165) is 37.8 Å². The minimum absolute atomic E-state index is 0.153. The Morgan fingerprint density at radius 3 is 2.68 bits per heavy atom. The van der Waals surface area contributed by atoms with Crippen LogP contribution in [0.5, 0.6) is 5.75 Å². The van der Waals surface area contributed by atoms with Gasteiger partial charge in [0.2, 0.25) is 5.89 Å². The Morgan fingerprint density at radius 1 is 1.32 bits per heavy atom. The molecule has 0 spiro atoms. The van der Waals surface area contributed by atoms with E-state index in [-0.39, 0.29) is 5.41 Å². The molecule has 0 aliphatic carbocycles. The van der Waals surface area contributed by atoms with Gasteiger partial charge in [-0.05, 0) is 31.0 Å². The number of nitrogens with zero attached hydrogens (tertiary/aromatic N) is 4. The van der Waals surface area contributed by atoms with E-state index in [4.69, 9.17) is 14.3 Å². The Bertz CT molecular complexity index is 792. The lowest BCUT2D eigenvalue weighted by Crippen LogP contribution is -2.40. The Morgan fingerprint density at radius 2 is 2.07 bits per heavy atom. The lowest BCUT2D eigenvalue weighted by atomic mass is 9.97. The molecule has 28 heavy (non-hydrogen) atoms. The summed E-state index contributed by atoms with van der Waals surface area (Å²) in [6.07, 6.45) is 1.10. The molecule has 1 saturated heterocycles.